The van der Waals surface area contributed by atoms with Gasteiger partial charge in [-0.25, -0.2) is 0 Å². The Labute approximate surface area is 138 Å². The highest BCUT2D eigenvalue weighted by Gasteiger charge is 2.23. The monoisotopic (exact) mass is 306 g/mol. The summed E-state index contributed by atoms with van der Waals surface area (Å²) in [5.41, 5.74) is 0. The first-order valence-electron chi connectivity index (χ1n) is 9.86. The Hall–Kier alpha value is -0.300. The Kier molecular flexibility index (Phi) is 8.00. The minimum Gasteiger partial charge on any atom is -0.385 e. The molecular weight excluding hydrogens is 268 g/mol. The molecule has 22 heavy (non-hydrogen) atoms. The molecule has 0 aromatic carbocycles. The number of allylic oxidation sites excluding steroid dienone is 2. The van der Waals surface area contributed by atoms with Crippen molar-refractivity contribution >= 4 is 0 Å². The lowest BCUT2D eigenvalue weighted by Gasteiger charge is -2.30. The zero-order valence-corrected chi connectivity index (χ0v) is 15.2. The minimum atomic E-state index is 0.876. The van der Waals surface area contributed by atoms with Crippen LogP contribution in [0.2, 0.25) is 0 Å². The molecule has 1 nitrogen and oxygen atoms in total. The van der Waals surface area contributed by atoms with Crippen molar-refractivity contribution in [2.45, 2.75) is 78.1 Å². The third-order valence-electron chi connectivity index (χ3n) is 6.27. The summed E-state index contributed by atoms with van der Waals surface area (Å²) in [4.78, 5) is 0. The molecule has 0 heterocycles. The van der Waals surface area contributed by atoms with E-state index in [1.54, 1.807) is 0 Å². The summed E-state index contributed by atoms with van der Waals surface area (Å²) in [6.07, 6.45) is 19.3. The fourth-order valence-electron chi connectivity index (χ4n) is 4.50. The van der Waals surface area contributed by atoms with Crippen LogP contribution in [-0.2, 0) is 4.74 Å². The molecule has 0 unspecified atom stereocenters. The molecule has 0 radical (unpaired) electrons. The van der Waals surface area contributed by atoms with Gasteiger partial charge in [-0.15, -0.1) is 0 Å². The van der Waals surface area contributed by atoms with Crippen molar-refractivity contribution in [1.29, 1.82) is 0 Å². The van der Waals surface area contributed by atoms with Crippen molar-refractivity contribution in [3.63, 3.8) is 0 Å². The SMILES string of the molecule is COCCCC1CCC(/C=C/C2CCC(C(C)C)CC2)CC1. The molecule has 0 atom stereocenters. The predicted octanol–water partition coefficient (Wildman–Crippen LogP) is 6.24. The summed E-state index contributed by atoms with van der Waals surface area (Å²) in [5, 5.41) is 0. The zero-order valence-electron chi connectivity index (χ0n) is 15.2. The van der Waals surface area contributed by atoms with Crippen molar-refractivity contribution < 1.29 is 4.74 Å². The first kappa shape index (κ1) is 18.0. The molecule has 0 aliphatic heterocycles. The number of rotatable bonds is 7. The summed E-state index contributed by atoms with van der Waals surface area (Å²) in [6, 6.07) is 0. The lowest BCUT2D eigenvalue weighted by molar-refractivity contribution is 0.179. The molecule has 2 aliphatic rings. The van der Waals surface area contributed by atoms with Crippen LogP contribution < -0.4 is 0 Å². The van der Waals surface area contributed by atoms with E-state index in [9.17, 15) is 0 Å². The lowest BCUT2D eigenvalue weighted by atomic mass is 9.76. The molecule has 0 bridgehead atoms. The smallest absolute Gasteiger partial charge is 0.0462 e. The van der Waals surface area contributed by atoms with Gasteiger partial charge in [-0.3, -0.25) is 0 Å². The molecule has 128 valence electrons. The van der Waals surface area contributed by atoms with E-state index in [0.717, 1.165) is 36.2 Å². The van der Waals surface area contributed by atoms with Crippen LogP contribution in [0, 0.1) is 29.6 Å². The van der Waals surface area contributed by atoms with Crippen molar-refractivity contribution in [3.05, 3.63) is 12.2 Å². The van der Waals surface area contributed by atoms with E-state index < -0.39 is 0 Å². The molecule has 0 aromatic rings. The van der Waals surface area contributed by atoms with Crippen LogP contribution in [0.25, 0.3) is 0 Å². The normalized spacial score (nSPS) is 33.6. The molecule has 1 heteroatoms. The summed E-state index contributed by atoms with van der Waals surface area (Å²) >= 11 is 0. The molecular formula is C21H38O. The van der Waals surface area contributed by atoms with Gasteiger partial charge in [0.2, 0.25) is 0 Å². The van der Waals surface area contributed by atoms with Crippen molar-refractivity contribution in [2.24, 2.45) is 29.6 Å². The molecule has 0 saturated heterocycles. The highest BCUT2D eigenvalue weighted by Crippen LogP contribution is 2.36. The molecule has 2 aliphatic carbocycles. The predicted molar refractivity (Wildman–Crippen MR) is 96.0 cm³/mol. The molecule has 2 saturated carbocycles. The molecule has 0 spiro atoms. The maximum absolute atomic E-state index is 5.17. The Balaban J connectivity index is 1.62. The second-order valence-corrected chi connectivity index (χ2v) is 8.22. The zero-order chi connectivity index (χ0) is 15.8. The summed E-state index contributed by atoms with van der Waals surface area (Å²) in [5.74, 6) is 4.61. The number of hydrogen-bond acceptors (Lipinski definition) is 1. The second-order valence-electron chi connectivity index (χ2n) is 8.22. The fraction of sp³-hybridized carbons (Fsp3) is 0.905. The van der Waals surface area contributed by atoms with E-state index in [-0.39, 0.29) is 0 Å². The van der Waals surface area contributed by atoms with Crippen LogP contribution in [0.3, 0.4) is 0 Å². The van der Waals surface area contributed by atoms with Crippen LogP contribution >= 0.6 is 0 Å². The van der Waals surface area contributed by atoms with Gasteiger partial charge in [-0.1, -0.05) is 26.0 Å². The highest BCUT2D eigenvalue weighted by molar-refractivity contribution is 4.96. The standard InChI is InChI=1S/C21H38O/c1-17(2)21-14-12-20(13-15-21)11-10-19-8-6-18(7-9-19)5-4-16-22-3/h10-11,17-21H,4-9,12-16H2,1-3H3/b11-10+. The number of methoxy groups -OCH3 is 1. The van der Waals surface area contributed by atoms with E-state index in [1.165, 1.54) is 64.2 Å². The highest BCUT2D eigenvalue weighted by atomic mass is 16.5. The molecule has 0 N–H and O–H groups in total. The maximum atomic E-state index is 5.17. The van der Waals surface area contributed by atoms with Crippen molar-refractivity contribution in [3.8, 4) is 0 Å². The molecule has 2 rings (SSSR count). The molecule has 2 fully saturated rings. The van der Waals surface area contributed by atoms with Gasteiger partial charge < -0.3 is 4.74 Å². The van der Waals surface area contributed by atoms with E-state index in [2.05, 4.69) is 26.0 Å². The van der Waals surface area contributed by atoms with Gasteiger partial charge in [-0.05, 0) is 93.8 Å². The van der Waals surface area contributed by atoms with Gasteiger partial charge >= 0.3 is 0 Å². The van der Waals surface area contributed by atoms with Gasteiger partial charge in [-0.2, -0.15) is 0 Å². The second kappa shape index (κ2) is 9.75. The van der Waals surface area contributed by atoms with Gasteiger partial charge in [0.15, 0.2) is 0 Å². The fourth-order valence-corrected chi connectivity index (χ4v) is 4.50. The maximum Gasteiger partial charge on any atom is 0.0462 e. The van der Waals surface area contributed by atoms with Crippen LogP contribution in [0.1, 0.15) is 78.1 Å². The number of hydrogen-bond donors (Lipinski definition) is 0. The van der Waals surface area contributed by atoms with Crippen LogP contribution in [0.4, 0.5) is 0 Å². The van der Waals surface area contributed by atoms with Crippen LogP contribution in [0.5, 0.6) is 0 Å². The van der Waals surface area contributed by atoms with E-state index in [4.69, 9.17) is 4.74 Å². The summed E-state index contributed by atoms with van der Waals surface area (Å²) in [7, 11) is 1.82. The van der Waals surface area contributed by atoms with Crippen LogP contribution in [-0.4, -0.2) is 13.7 Å². The molecule has 0 aromatic heterocycles. The van der Waals surface area contributed by atoms with Crippen molar-refractivity contribution in [1.82, 2.24) is 0 Å². The minimum absolute atomic E-state index is 0.876. The van der Waals surface area contributed by atoms with Gasteiger partial charge in [0.05, 0.1) is 0 Å². The van der Waals surface area contributed by atoms with Gasteiger partial charge in [0, 0.05) is 13.7 Å². The first-order chi connectivity index (χ1) is 10.7. The Bertz CT molecular complexity index is 304. The Morgan fingerprint density at radius 3 is 1.91 bits per heavy atom. The topological polar surface area (TPSA) is 9.23 Å². The van der Waals surface area contributed by atoms with Gasteiger partial charge in [0.1, 0.15) is 0 Å². The third kappa shape index (κ3) is 6.07. The van der Waals surface area contributed by atoms with Crippen LogP contribution in [0.15, 0.2) is 12.2 Å². The summed E-state index contributed by atoms with van der Waals surface area (Å²) in [6.45, 7) is 5.73. The number of ether oxygens (including phenoxy) is 1. The Morgan fingerprint density at radius 1 is 0.864 bits per heavy atom. The van der Waals surface area contributed by atoms with E-state index >= 15 is 0 Å². The van der Waals surface area contributed by atoms with E-state index in [0.29, 0.717) is 0 Å². The first-order valence-corrected chi connectivity index (χ1v) is 9.86. The lowest BCUT2D eigenvalue weighted by Crippen LogP contribution is -2.18. The third-order valence-corrected chi connectivity index (χ3v) is 6.27. The quantitative estimate of drug-likeness (QED) is 0.399. The molecule has 0 amide bonds. The van der Waals surface area contributed by atoms with Crippen molar-refractivity contribution in [2.75, 3.05) is 13.7 Å². The van der Waals surface area contributed by atoms with Gasteiger partial charge in [0.25, 0.3) is 0 Å². The summed E-state index contributed by atoms with van der Waals surface area (Å²) < 4.78 is 5.17. The largest absolute Gasteiger partial charge is 0.385 e. The average Bonchev–Trinajstić information content (AvgIpc) is 2.55. The Morgan fingerprint density at radius 2 is 1.41 bits per heavy atom. The average molecular weight is 307 g/mol. The van der Waals surface area contributed by atoms with E-state index in [1.807, 2.05) is 7.11 Å².